The number of aliphatic imine (C=N–C) groups is 1. The van der Waals surface area contributed by atoms with Crippen LogP contribution in [0.5, 0.6) is 11.5 Å². The fraction of sp³-hybridized carbons (Fsp3) is 0.0667. The molecule has 1 aromatic carbocycles. The molecular formula is C15H8BrNO4S. The van der Waals surface area contributed by atoms with Crippen LogP contribution in [-0.4, -0.2) is 18.7 Å². The summed E-state index contributed by atoms with van der Waals surface area (Å²) in [6.45, 7) is 0.199. The first-order chi connectivity index (χ1) is 10.7. The van der Waals surface area contributed by atoms with E-state index in [2.05, 4.69) is 20.9 Å². The average molecular weight is 378 g/mol. The molecule has 0 amide bonds. The molecule has 110 valence electrons. The van der Waals surface area contributed by atoms with Crippen LogP contribution in [0.2, 0.25) is 0 Å². The van der Waals surface area contributed by atoms with Crippen LogP contribution in [0.1, 0.15) is 10.4 Å². The number of ether oxygens (including phenoxy) is 3. The van der Waals surface area contributed by atoms with Gasteiger partial charge in [-0.05, 0) is 35.2 Å². The van der Waals surface area contributed by atoms with Crippen LogP contribution in [0.3, 0.4) is 0 Å². The van der Waals surface area contributed by atoms with Crippen molar-refractivity contribution < 1.29 is 19.0 Å². The van der Waals surface area contributed by atoms with Crippen molar-refractivity contribution in [3.05, 3.63) is 50.3 Å². The molecule has 0 saturated heterocycles. The molecule has 0 radical (unpaired) electrons. The molecule has 0 saturated carbocycles. The predicted molar refractivity (Wildman–Crippen MR) is 85.2 cm³/mol. The van der Waals surface area contributed by atoms with Gasteiger partial charge in [-0.2, -0.15) is 0 Å². The molecule has 0 unspecified atom stereocenters. The van der Waals surface area contributed by atoms with E-state index in [4.69, 9.17) is 14.2 Å². The zero-order chi connectivity index (χ0) is 15.1. The largest absolute Gasteiger partial charge is 0.454 e. The van der Waals surface area contributed by atoms with E-state index in [0.29, 0.717) is 17.4 Å². The lowest BCUT2D eigenvalue weighted by Gasteiger charge is -2.01. The van der Waals surface area contributed by atoms with Gasteiger partial charge in [-0.25, -0.2) is 9.79 Å². The van der Waals surface area contributed by atoms with Crippen LogP contribution in [0, 0.1) is 0 Å². The molecule has 0 spiro atoms. The van der Waals surface area contributed by atoms with E-state index in [9.17, 15) is 4.79 Å². The Labute approximate surface area is 138 Å². The normalized spacial score (nSPS) is 17.8. The number of halogens is 1. The molecule has 4 rings (SSSR count). The Balaban J connectivity index is 1.72. The smallest absolute Gasteiger partial charge is 0.363 e. The molecule has 22 heavy (non-hydrogen) atoms. The lowest BCUT2D eigenvalue weighted by atomic mass is 10.1. The van der Waals surface area contributed by atoms with Gasteiger partial charge in [0.05, 0.1) is 4.88 Å². The maximum atomic E-state index is 12.0. The summed E-state index contributed by atoms with van der Waals surface area (Å²) < 4.78 is 16.6. The fourth-order valence-corrected chi connectivity index (χ4v) is 3.19. The van der Waals surface area contributed by atoms with Gasteiger partial charge in [0.15, 0.2) is 17.2 Å². The number of nitrogens with zero attached hydrogens (tertiary/aromatic N) is 1. The highest BCUT2D eigenvalue weighted by Crippen LogP contribution is 2.38. The Bertz CT molecular complexity index is 826. The van der Waals surface area contributed by atoms with Crippen LogP contribution in [-0.2, 0) is 9.53 Å². The molecule has 0 atom stereocenters. The van der Waals surface area contributed by atoms with Crippen molar-refractivity contribution in [2.45, 2.75) is 0 Å². The van der Waals surface area contributed by atoms with Gasteiger partial charge in [-0.3, -0.25) is 0 Å². The summed E-state index contributed by atoms with van der Waals surface area (Å²) in [5.41, 5.74) is 1.02. The average Bonchev–Trinajstić information content (AvgIpc) is 3.21. The van der Waals surface area contributed by atoms with Gasteiger partial charge in [0.2, 0.25) is 12.7 Å². The predicted octanol–water partition coefficient (Wildman–Crippen LogP) is 3.58. The van der Waals surface area contributed by atoms with Gasteiger partial charge < -0.3 is 14.2 Å². The zero-order valence-electron chi connectivity index (χ0n) is 11.0. The first-order valence-electron chi connectivity index (χ1n) is 6.36. The third-order valence-corrected chi connectivity index (χ3v) is 4.68. The van der Waals surface area contributed by atoms with E-state index < -0.39 is 5.97 Å². The Morgan fingerprint density at radius 2 is 2.09 bits per heavy atom. The molecule has 0 bridgehead atoms. The number of carbonyl (C=O) groups is 1. The molecule has 7 heteroatoms. The molecule has 0 aliphatic carbocycles. The van der Waals surface area contributed by atoms with Crippen LogP contribution in [0.25, 0.3) is 6.08 Å². The molecule has 0 N–H and O–H groups in total. The van der Waals surface area contributed by atoms with Crippen molar-refractivity contribution in [2.75, 3.05) is 6.79 Å². The summed E-state index contributed by atoms with van der Waals surface area (Å²) in [6.07, 6.45) is 1.66. The number of fused-ring (bicyclic) bond motifs is 1. The fourth-order valence-electron chi connectivity index (χ4n) is 2.11. The Morgan fingerprint density at radius 3 is 2.86 bits per heavy atom. The highest BCUT2D eigenvalue weighted by atomic mass is 79.9. The summed E-state index contributed by atoms with van der Waals surface area (Å²) in [5.74, 6) is 1.19. The molecule has 1 aromatic heterocycles. The second-order valence-electron chi connectivity index (χ2n) is 4.54. The number of benzene rings is 1. The van der Waals surface area contributed by atoms with E-state index in [1.54, 1.807) is 18.2 Å². The van der Waals surface area contributed by atoms with Gasteiger partial charge in [-0.1, -0.05) is 22.0 Å². The summed E-state index contributed by atoms with van der Waals surface area (Å²) >= 11 is 4.92. The molecule has 3 heterocycles. The van der Waals surface area contributed by atoms with Crippen molar-refractivity contribution in [1.29, 1.82) is 0 Å². The van der Waals surface area contributed by atoms with Crippen LogP contribution >= 0.6 is 27.3 Å². The number of carbonyl (C=O) groups excluding carboxylic acids is 1. The number of hydrogen-bond donors (Lipinski definition) is 0. The first kappa shape index (κ1) is 13.5. The van der Waals surface area contributed by atoms with E-state index >= 15 is 0 Å². The third kappa shape index (κ3) is 2.32. The summed E-state index contributed by atoms with van der Waals surface area (Å²) in [5, 5.41) is 1.90. The van der Waals surface area contributed by atoms with E-state index in [1.807, 2.05) is 17.5 Å². The number of rotatable bonds is 2. The minimum Gasteiger partial charge on any atom is -0.454 e. The third-order valence-electron chi connectivity index (χ3n) is 3.14. The Morgan fingerprint density at radius 1 is 1.27 bits per heavy atom. The SMILES string of the molecule is O=C1OC(c2cccs2)=NC1=Cc1cc2c(cc1Br)OCO2. The zero-order valence-corrected chi connectivity index (χ0v) is 13.4. The number of thiophene rings is 1. The number of cyclic esters (lactones) is 1. The number of esters is 1. The standard InChI is InChI=1S/C15H8BrNO4S/c16-9-6-12-11(19-7-20-12)5-8(9)4-10-15(18)21-14(17-10)13-2-1-3-22-13/h1-6H,7H2. The molecular weight excluding hydrogens is 370 g/mol. The van der Waals surface area contributed by atoms with Gasteiger partial charge >= 0.3 is 5.97 Å². The monoisotopic (exact) mass is 377 g/mol. The van der Waals surface area contributed by atoms with Gasteiger partial charge in [-0.15, -0.1) is 11.3 Å². The van der Waals surface area contributed by atoms with Crippen LogP contribution < -0.4 is 9.47 Å². The van der Waals surface area contributed by atoms with Crippen molar-refractivity contribution in [1.82, 2.24) is 0 Å². The van der Waals surface area contributed by atoms with Gasteiger partial charge in [0, 0.05) is 4.47 Å². The molecule has 2 aliphatic heterocycles. The van der Waals surface area contributed by atoms with E-state index in [0.717, 1.165) is 14.9 Å². The highest BCUT2D eigenvalue weighted by Gasteiger charge is 2.25. The van der Waals surface area contributed by atoms with Crippen molar-refractivity contribution in [3.8, 4) is 11.5 Å². The lowest BCUT2D eigenvalue weighted by Crippen LogP contribution is -2.03. The second-order valence-corrected chi connectivity index (χ2v) is 6.34. The molecule has 2 aromatic rings. The van der Waals surface area contributed by atoms with Gasteiger partial charge in [0.1, 0.15) is 0 Å². The maximum Gasteiger partial charge on any atom is 0.363 e. The second kappa shape index (κ2) is 5.26. The molecule has 5 nitrogen and oxygen atoms in total. The first-order valence-corrected chi connectivity index (χ1v) is 8.03. The van der Waals surface area contributed by atoms with Crippen molar-refractivity contribution in [2.24, 2.45) is 4.99 Å². The van der Waals surface area contributed by atoms with E-state index in [-0.39, 0.29) is 12.5 Å². The Kier molecular flexibility index (Phi) is 3.24. The van der Waals surface area contributed by atoms with Crippen LogP contribution in [0.15, 0.2) is 44.8 Å². The Hall–Kier alpha value is -2.12. The minimum atomic E-state index is -0.465. The van der Waals surface area contributed by atoms with E-state index in [1.165, 1.54) is 11.3 Å². The van der Waals surface area contributed by atoms with Crippen LogP contribution in [0.4, 0.5) is 0 Å². The minimum absolute atomic E-state index is 0.199. The summed E-state index contributed by atoms with van der Waals surface area (Å²) in [4.78, 5) is 17.0. The maximum absolute atomic E-state index is 12.0. The van der Waals surface area contributed by atoms with Crippen molar-refractivity contribution >= 4 is 45.2 Å². The molecule has 2 aliphatic rings. The number of hydrogen-bond acceptors (Lipinski definition) is 6. The summed E-state index contributed by atoms with van der Waals surface area (Å²) in [6, 6.07) is 7.34. The molecule has 0 fully saturated rings. The topological polar surface area (TPSA) is 57.1 Å². The lowest BCUT2D eigenvalue weighted by molar-refractivity contribution is -0.129. The van der Waals surface area contributed by atoms with Crippen molar-refractivity contribution in [3.63, 3.8) is 0 Å². The quantitative estimate of drug-likeness (QED) is 0.592. The van der Waals surface area contributed by atoms with Gasteiger partial charge in [0.25, 0.3) is 0 Å². The summed E-state index contributed by atoms with van der Waals surface area (Å²) in [7, 11) is 0. The highest BCUT2D eigenvalue weighted by molar-refractivity contribution is 9.10.